The van der Waals surface area contributed by atoms with Crippen LogP contribution in [0.2, 0.25) is 0 Å². The number of sulfonamides is 1. The summed E-state index contributed by atoms with van der Waals surface area (Å²) in [5, 5.41) is 9.01. The zero-order valence-corrected chi connectivity index (χ0v) is 13.9. The summed E-state index contributed by atoms with van der Waals surface area (Å²) in [6.45, 7) is 3.66. The van der Waals surface area contributed by atoms with Gasteiger partial charge in [0.2, 0.25) is 0 Å². The van der Waals surface area contributed by atoms with E-state index in [0.29, 0.717) is 11.3 Å². The largest absolute Gasteiger partial charge is 0.477 e. The lowest BCUT2D eigenvalue weighted by molar-refractivity contribution is 0.0701. The average molecular weight is 339 g/mol. The Kier molecular flexibility index (Phi) is 4.87. The molecule has 0 aliphatic carbocycles. The Hall–Kier alpha value is -1.86. The first-order valence-corrected chi connectivity index (χ1v) is 9.09. The lowest BCUT2D eigenvalue weighted by Crippen LogP contribution is -2.11. The van der Waals surface area contributed by atoms with Gasteiger partial charge in [0.15, 0.2) is 0 Å². The van der Waals surface area contributed by atoms with Crippen molar-refractivity contribution in [3.63, 3.8) is 0 Å². The zero-order chi connectivity index (χ0) is 16.3. The Balaban J connectivity index is 2.24. The summed E-state index contributed by atoms with van der Waals surface area (Å²) in [5.74, 6) is -1.12. The van der Waals surface area contributed by atoms with Crippen LogP contribution in [0.3, 0.4) is 0 Å². The standard InChI is InChI=1S/C15H17NO4S2/c1-3-4-11-5-7-12(8-6-11)16-22(19,20)13-9-10(2)14(21-13)15(17)18/h5-9,16H,3-4H2,1-2H3,(H,17,18). The fourth-order valence-corrected chi connectivity index (χ4v) is 4.47. The maximum Gasteiger partial charge on any atom is 0.346 e. The first kappa shape index (κ1) is 16.5. The van der Waals surface area contributed by atoms with Crippen LogP contribution in [0.15, 0.2) is 34.5 Å². The first-order chi connectivity index (χ1) is 10.3. The minimum absolute atomic E-state index is 0.0000322. The van der Waals surface area contributed by atoms with E-state index in [1.807, 2.05) is 12.1 Å². The summed E-state index contributed by atoms with van der Waals surface area (Å²) in [5.41, 5.74) is 2.05. The van der Waals surface area contributed by atoms with E-state index in [1.54, 1.807) is 19.1 Å². The molecule has 1 aromatic carbocycles. The highest BCUT2D eigenvalue weighted by Gasteiger charge is 2.21. The van der Waals surface area contributed by atoms with Gasteiger partial charge in [0, 0.05) is 5.69 Å². The van der Waals surface area contributed by atoms with Gasteiger partial charge in [-0.2, -0.15) is 0 Å². The number of carbonyl (C=O) groups is 1. The molecule has 0 spiro atoms. The lowest BCUT2D eigenvalue weighted by atomic mass is 10.1. The molecule has 0 amide bonds. The molecular formula is C15H17NO4S2. The Labute approximate surface area is 133 Å². The van der Waals surface area contributed by atoms with Gasteiger partial charge in [0.1, 0.15) is 9.09 Å². The normalized spacial score (nSPS) is 11.4. The van der Waals surface area contributed by atoms with E-state index in [2.05, 4.69) is 11.6 Å². The van der Waals surface area contributed by atoms with Crippen molar-refractivity contribution in [3.8, 4) is 0 Å². The van der Waals surface area contributed by atoms with E-state index in [0.717, 1.165) is 29.7 Å². The average Bonchev–Trinajstić information content (AvgIpc) is 2.84. The summed E-state index contributed by atoms with van der Waals surface area (Å²) in [6.07, 6.45) is 1.97. The quantitative estimate of drug-likeness (QED) is 0.843. The van der Waals surface area contributed by atoms with E-state index >= 15 is 0 Å². The first-order valence-electron chi connectivity index (χ1n) is 6.79. The van der Waals surface area contributed by atoms with Gasteiger partial charge in [0.05, 0.1) is 0 Å². The highest BCUT2D eigenvalue weighted by Crippen LogP contribution is 2.27. The number of hydrogen-bond donors (Lipinski definition) is 2. The van der Waals surface area contributed by atoms with Crippen molar-refractivity contribution in [2.75, 3.05) is 4.72 Å². The van der Waals surface area contributed by atoms with Crippen molar-refractivity contribution in [2.24, 2.45) is 0 Å². The summed E-state index contributed by atoms with van der Waals surface area (Å²) in [6, 6.07) is 8.55. The number of aryl methyl sites for hydroxylation is 2. The Morgan fingerprint density at radius 2 is 1.91 bits per heavy atom. The highest BCUT2D eigenvalue weighted by molar-refractivity contribution is 7.94. The molecule has 1 aromatic heterocycles. The van der Waals surface area contributed by atoms with Gasteiger partial charge < -0.3 is 5.11 Å². The van der Waals surface area contributed by atoms with Crippen LogP contribution in [0.25, 0.3) is 0 Å². The molecule has 118 valence electrons. The number of rotatable bonds is 6. The van der Waals surface area contributed by atoms with E-state index in [4.69, 9.17) is 5.11 Å². The molecule has 0 saturated heterocycles. The van der Waals surface area contributed by atoms with Gasteiger partial charge in [-0.15, -0.1) is 11.3 Å². The second kappa shape index (κ2) is 6.50. The predicted molar refractivity (Wildman–Crippen MR) is 87.3 cm³/mol. The summed E-state index contributed by atoms with van der Waals surface area (Å²) in [4.78, 5) is 11.1. The van der Waals surface area contributed by atoms with Crippen LogP contribution in [0.1, 0.15) is 34.1 Å². The van der Waals surface area contributed by atoms with Crippen LogP contribution in [0.5, 0.6) is 0 Å². The van der Waals surface area contributed by atoms with Crippen molar-refractivity contribution in [1.82, 2.24) is 0 Å². The van der Waals surface area contributed by atoms with Crippen molar-refractivity contribution < 1.29 is 18.3 Å². The van der Waals surface area contributed by atoms with Crippen LogP contribution < -0.4 is 4.72 Å². The lowest BCUT2D eigenvalue weighted by Gasteiger charge is -2.07. The number of anilines is 1. The Morgan fingerprint density at radius 1 is 1.27 bits per heavy atom. The highest BCUT2D eigenvalue weighted by atomic mass is 32.2. The molecular weight excluding hydrogens is 322 g/mol. The minimum atomic E-state index is -3.77. The molecule has 0 unspecified atom stereocenters. The van der Waals surface area contributed by atoms with Gasteiger partial charge >= 0.3 is 5.97 Å². The van der Waals surface area contributed by atoms with Gasteiger partial charge in [-0.3, -0.25) is 4.72 Å². The number of thiophene rings is 1. The second-order valence-corrected chi connectivity index (χ2v) is 7.90. The molecule has 22 heavy (non-hydrogen) atoms. The molecule has 0 fully saturated rings. The minimum Gasteiger partial charge on any atom is -0.477 e. The van der Waals surface area contributed by atoms with Crippen molar-refractivity contribution >= 4 is 33.0 Å². The fraction of sp³-hybridized carbons (Fsp3) is 0.267. The van der Waals surface area contributed by atoms with Crippen molar-refractivity contribution in [1.29, 1.82) is 0 Å². The van der Waals surface area contributed by atoms with E-state index in [1.165, 1.54) is 6.07 Å². The monoisotopic (exact) mass is 339 g/mol. The number of carboxylic acid groups (broad SMARTS) is 1. The molecule has 7 heteroatoms. The molecule has 1 heterocycles. The van der Waals surface area contributed by atoms with Crippen LogP contribution in [-0.2, 0) is 16.4 Å². The van der Waals surface area contributed by atoms with Crippen LogP contribution in [0.4, 0.5) is 5.69 Å². The molecule has 0 aliphatic rings. The van der Waals surface area contributed by atoms with E-state index < -0.39 is 16.0 Å². The van der Waals surface area contributed by atoms with Crippen molar-refractivity contribution in [2.45, 2.75) is 30.9 Å². The molecule has 2 N–H and O–H groups in total. The molecule has 5 nitrogen and oxygen atoms in total. The van der Waals surface area contributed by atoms with Crippen LogP contribution in [-0.4, -0.2) is 19.5 Å². The third-order valence-electron chi connectivity index (χ3n) is 3.10. The fourth-order valence-electron chi connectivity index (χ4n) is 2.03. The number of hydrogen-bond acceptors (Lipinski definition) is 4. The number of carboxylic acids is 1. The molecule has 0 atom stereocenters. The molecule has 0 radical (unpaired) electrons. The number of aromatic carboxylic acids is 1. The molecule has 0 saturated carbocycles. The molecule has 2 aromatic rings. The summed E-state index contributed by atoms with van der Waals surface area (Å²) >= 11 is 0.755. The predicted octanol–water partition coefficient (Wildman–Crippen LogP) is 3.51. The summed E-state index contributed by atoms with van der Waals surface area (Å²) < 4.78 is 27.1. The van der Waals surface area contributed by atoms with E-state index in [9.17, 15) is 13.2 Å². The second-order valence-electron chi connectivity index (χ2n) is 4.94. The third-order valence-corrected chi connectivity index (χ3v) is 6.18. The number of nitrogens with one attached hydrogen (secondary N) is 1. The maximum atomic E-state index is 12.3. The van der Waals surface area contributed by atoms with Crippen LogP contribution >= 0.6 is 11.3 Å². The van der Waals surface area contributed by atoms with E-state index in [-0.39, 0.29) is 9.09 Å². The Morgan fingerprint density at radius 3 is 2.41 bits per heavy atom. The third kappa shape index (κ3) is 3.66. The molecule has 0 aliphatic heterocycles. The van der Waals surface area contributed by atoms with Crippen molar-refractivity contribution in [3.05, 3.63) is 46.3 Å². The molecule has 2 rings (SSSR count). The number of benzene rings is 1. The topological polar surface area (TPSA) is 83.5 Å². The van der Waals surface area contributed by atoms with Gasteiger partial charge in [-0.05, 0) is 42.7 Å². The summed E-state index contributed by atoms with van der Waals surface area (Å²) in [7, 11) is -3.77. The van der Waals surface area contributed by atoms with Gasteiger partial charge in [-0.25, -0.2) is 13.2 Å². The SMILES string of the molecule is CCCc1ccc(NS(=O)(=O)c2cc(C)c(C(=O)O)s2)cc1. The molecule has 0 bridgehead atoms. The zero-order valence-electron chi connectivity index (χ0n) is 12.3. The van der Waals surface area contributed by atoms with Crippen LogP contribution in [0, 0.1) is 6.92 Å². The smallest absolute Gasteiger partial charge is 0.346 e. The van der Waals surface area contributed by atoms with Gasteiger partial charge in [-0.1, -0.05) is 25.5 Å². The van der Waals surface area contributed by atoms with Gasteiger partial charge in [0.25, 0.3) is 10.0 Å². The Bertz CT molecular complexity index is 776. The maximum absolute atomic E-state index is 12.3.